The molecule has 2 atom stereocenters. The number of fused-ring (bicyclic) bond motifs is 1. The minimum absolute atomic E-state index is 0.0775. The fourth-order valence-corrected chi connectivity index (χ4v) is 5.60. The average molecular weight is 531 g/mol. The summed E-state index contributed by atoms with van der Waals surface area (Å²) in [7, 11) is 0. The maximum Gasteiger partial charge on any atom is 0.307 e. The summed E-state index contributed by atoms with van der Waals surface area (Å²) in [6.07, 6.45) is 2.42. The highest BCUT2D eigenvalue weighted by atomic mass is 16.5. The van der Waals surface area contributed by atoms with Crippen molar-refractivity contribution in [2.24, 2.45) is 0 Å². The minimum Gasteiger partial charge on any atom is -0.466 e. The highest BCUT2D eigenvalue weighted by molar-refractivity contribution is 5.85. The first kappa shape index (κ1) is 27.4. The van der Waals surface area contributed by atoms with Crippen LogP contribution in [0.25, 0.3) is 22.0 Å². The van der Waals surface area contributed by atoms with E-state index in [1.165, 1.54) is 27.6 Å². The summed E-state index contributed by atoms with van der Waals surface area (Å²) in [5, 5.41) is 1.24. The Morgan fingerprint density at radius 1 is 0.800 bits per heavy atom. The number of hydrogen-bond donors (Lipinski definition) is 0. The van der Waals surface area contributed by atoms with E-state index in [4.69, 9.17) is 4.74 Å². The molecule has 0 radical (unpaired) electrons. The number of hydrogen-bond acceptors (Lipinski definition) is 3. The lowest BCUT2D eigenvalue weighted by Gasteiger charge is -2.37. The van der Waals surface area contributed by atoms with Crippen LogP contribution in [0.2, 0.25) is 0 Å². The topological polar surface area (TPSA) is 34.5 Å². The number of carbonyl (C=O) groups is 1. The lowest BCUT2D eigenvalue weighted by atomic mass is 9.94. The van der Waals surface area contributed by atoms with E-state index < -0.39 is 0 Å². The second kappa shape index (κ2) is 12.8. The summed E-state index contributed by atoms with van der Waals surface area (Å²) in [6.45, 7) is 8.27. The molecule has 0 bridgehead atoms. The van der Waals surface area contributed by atoms with Gasteiger partial charge in [0.25, 0.3) is 0 Å². The number of aryl methyl sites for hydroxylation is 1. The molecule has 0 aliphatic carbocycles. The molecular weight excluding hydrogens is 492 g/mol. The molecule has 0 amide bonds. The lowest BCUT2D eigenvalue weighted by molar-refractivity contribution is -0.145. The number of esters is 1. The molecule has 0 spiro atoms. The second-order valence-electron chi connectivity index (χ2n) is 10.3. The minimum atomic E-state index is -0.182. The Kier molecular flexibility index (Phi) is 8.78. The molecule has 0 aliphatic rings. The van der Waals surface area contributed by atoms with E-state index in [0.717, 1.165) is 17.7 Å². The maximum atomic E-state index is 13.0. The van der Waals surface area contributed by atoms with Crippen LogP contribution in [0.5, 0.6) is 0 Å². The summed E-state index contributed by atoms with van der Waals surface area (Å²) in [6, 6.07) is 38.4. The van der Waals surface area contributed by atoms with E-state index >= 15 is 0 Å². The molecule has 40 heavy (non-hydrogen) atoms. The molecule has 0 fully saturated rings. The van der Waals surface area contributed by atoms with Gasteiger partial charge < -0.3 is 9.30 Å². The highest BCUT2D eigenvalue weighted by Gasteiger charge is 2.29. The Bertz CT molecular complexity index is 1540. The molecule has 4 nitrogen and oxygen atoms in total. The summed E-state index contributed by atoms with van der Waals surface area (Å²) in [5.74, 6) is -0.182. The molecule has 0 aliphatic heterocycles. The van der Waals surface area contributed by atoms with Crippen LogP contribution in [0.3, 0.4) is 0 Å². The molecule has 5 aromatic rings. The van der Waals surface area contributed by atoms with Crippen molar-refractivity contribution in [1.29, 1.82) is 0 Å². The molecule has 1 aromatic heterocycles. The van der Waals surface area contributed by atoms with Gasteiger partial charge in [0.15, 0.2) is 0 Å². The van der Waals surface area contributed by atoms with E-state index in [0.29, 0.717) is 13.2 Å². The molecule has 4 aromatic carbocycles. The Balaban J connectivity index is 1.58. The van der Waals surface area contributed by atoms with Crippen molar-refractivity contribution in [3.8, 4) is 11.1 Å². The van der Waals surface area contributed by atoms with Gasteiger partial charge in [-0.2, -0.15) is 0 Å². The predicted octanol–water partition coefficient (Wildman–Crippen LogP) is 8.59. The maximum absolute atomic E-state index is 13.0. The van der Waals surface area contributed by atoms with Gasteiger partial charge in [-0.05, 0) is 72.2 Å². The third-order valence-corrected chi connectivity index (χ3v) is 7.77. The van der Waals surface area contributed by atoms with Crippen molar-refractivity contribution in [3.05, 3.63) is 132 Å². The molecule has 1 heterocycles. The number of benzene rings is 4. The largest absolute Gasteiger partial charge is 0.466 e. The van der Waals surface area contributed by atoms with Crippen molar-refractivity contribution in [2.45, 2.75) is 52.4 Å². The molecule has 0 N–H and O–H groups in total. The normalized spacial score (nSPS) is 12.9. The Hall–Kier alpha value is -4.15. The van der Waals surface area contributed by atoms with Crippen LogP contribution in [0.15, 0.2) is 115 Å². The number of carbonyl (C=O) groups excluding carboxylic acids is 1. The summed E-state index contributed by atoms with van der Waals surface area (Å²) in [4.78, 5) is 15.5. The zero-order valence-electron chi connectivity index (χ0n) is 23.7. The average Bonchev–Trinajstić information content (AvgIpc) is 3.42. The van der Waals surface area contributed by atoms with Crippen molar-refractivity contribution in [3.63, 3.8) is 0 Å². The van der Waals surface area contributed by atoms with Gasteiger partial charge in [-0.1, -0.05) is 91.0 Å². The van der Waals surface area contributed by atoms with Gasteiger partial charge >= 0.3 is 5.97 Å². The van der Waals surface area contributed by atoms with Crippen LogP contribution in [0.4, 0.5) is 0 Å². The number of ether oxygens (including phenoxy) is 1. The molecule has 0 saturated heterocycles. The quantitative estimate of drug-likeness (QED) is 0.160. The van der Waals surface area contributed by atoms with Crippen molar-refractivity contribution >= 4 is 16.9 Å². The first-order valence-electron chi connectivity index (χ1n) is 14.3. The third kappa shape index (κ3) is 6.19. The number of nitrogens with zero attached hydrogens (tertiary/aromatic N) is 2. The highest BCUT2D eigenvalue weighted by Crippen LogP contribution is 2.37. The fraction of sp³-hybridized carbons (Fsp3) is 0.250. The van der Waals surface area contributed by atoms with Gasteiger partial charge in [0.05, 0.1) is 13.0 Å². The van der Waals surface area contributed by atoms with Gasteiger partial charge in [0.1, 0.15) is 0 Å². The third-order valence-electron chi connectivity index (χ3n) is 7.77. The Morgan fingerprint density at radius 2 is 1.50 bits per heavy atom. The second-order valence-corrected chi connectivity index (χ2v) is 10.3. The SMILES string of the molecule is CCOC(=O)C[C@@H](c1cccc(-c2ccc3ccn(CC)c3c2)c1)N(Cc1ccccc1)[C@H](C)c1ccccc1. The monoisotopic (exact) mass is 530 g/mol. The molecule has 5 rings (SSSR count). The first-order valence-corrected chi connectivity index (χ1v) is 14.3. The molecule has 4 heteroatoms. The van der Waals surface area contributed by atoms with Crippen LogP contribution in [0.1, 0.15) is 56.0 Å². The zero-order chi connectivity index (χ0) is 27.9. The van der Waals surface area contributed by atoms with Crippen LogP contribution in [-0.2, 0) is 22.6 Å². The standard InChI is InChI=1S/C36H38N2O2/c1-4-37-22-21-30-19-20-32(24-34(30)37)31-17-12-18-33(23-31)35(25-36(39)40-5-2)38(26-28-13-8-6-9-14-28)27(3)29-15-10-7-11-16-29/h6-24,27,35H,4-5,25-26H2,1-3H3/t27-,35+/m1/s1. The van der Waals surface area contributed by atoms with Crippen molar-refractivity contribution < 1.29 is 9.53 Å². The van der Waals surface area contributed by atoms with Crippen LogP contribution in [0, 0.1) is 0 Å². The van der Waals surface area contributed by atoms with E-state index in [1.807, 2.05) is 19.1 Å². The molecule has 0 unspecified atom stereocenters. The van der Waals surface area contributed by atoms with Crippen LogP contribution >= 0.6 is 0 Å². The Morgan fingerprint density at radius 3 is 2.23 bits per heavy atom. The van der Waals surface area contributed by atoms with Gasteiger partial charge in [0, 0.05) is 36.9 Å². The molecular formula is C36H38N2O2. The van der Waals surface area contributed by atoms with Gasteiger partial charge in [-0.25, -0.2) is 0 Å². The number of aromatic nitrogens is 1. The van der Waals surface area contributed by atoms with E-state index in [-0.39, 0.29) is 24.5 Å². The molecule has 204 valence electrons. The molecule has 0 saturated carbocycles. The van der Waals surface area contributed by atoms with Gasteiger partial charge in [-0.3, -0.25) is 9.69 Å². The fourth-order valence-electron chi connectivity index (χ4n) is 5.60. The summed E-state index contributed by atoms with van der Waals surface area (Å²) >= 11 is 0. The van der Waals surface area contributed by atoms with Crippen LogP contribution in [-0.4, -0.2) is 22.0 Å². The predicted molar refractivity (Wildman–Crippen MR) is 164 cm³/mol. The van der Waals surface area contributed by atoms with Gasteiger partial charge in [0.2, 0.25) is 0 Å². The van der Waals surface area contributed by atoms with E-state index in [1.54, 1.807) is 0 Å². The Labute approximate surface area is 237 Å². The van der Waals surface area contributed by atoms with Gasteiger partial charge in [-0.15, -0.1) is 0 Å². The summed E-state index contributed by atoms with van der Waals surface area (Å²) in [5.41, 5.74) is 7.08. The van der Waals surface area contributed by atoms with E-state index in [9.17, 15) is 4.79 Å². The van der Waals surface area contributed by atoms with E-state index in [2.05, 4.69) is 127 Å². The zero-order valence-corrected chi connectivity index (χ0v) is 23.7. The first-order chi connectivity index (χ1) is 19.6. The van der Waals surface area contributed by atoms with Crippen molar-refractivity contribution in [1.82, 2.24) is 9.47 Å². The number of rotatable bonds is 11. The van der Waals surface area contributed by atoms with Crippen molar-refractivity contribution in [2.75, 3.05) is 6.61 Å². The summed E-state index contributed by atoms with van der Waals surface area (Å²) < 4.78 is 7.76. The van der Waals surface area contributed by atoms with Crippen LogP contribution < -0.4 is 0 Å². The smallest absolute Gasteiger partial charge is 0.307 e. The lowest BCUT2D eigenvalue weighted by Crippen LogP contribution is -2.33.